The third-order valence-electron chi connectivity index (χ3n) is 4.57. The molecule has 2 unspecified atom stereocenters. The fourth-order valence-corrected chi connectivity index (χ4v) is 4.56. The van der Waals surface area contributed by atoms with Crippen molar-refractivity contribution >= 4 is 16.5 Å². The summed E-state index contributed by atoms with van der Waals surface area (Å²) < 4.78 is 5.54. The van der Waals surface area contributed by atoms with Crippen LogP contribution < -0.4 is 10.2 Å². The Hall–Kier alpha value is -0.650. The predicted molar refractivity (Wildman–Crippen MR) is 88.3 cm³/mol. The summed E-state index contributed by atoms with van der Waals surface area (Å²) >= 11 is 1.91. The molecular weight excluding hydrogens is 282 g/mol. The standard InChI is InChI=1S/C16H27N3OS/c1-3-9-17-13-7-4-8-14-15(13)18-16(21-14)19-10-5-6-12(11-19)20-2/h12-13,17H,3-11H2,1-2H3. The van der Waals surface area contributed by atoms with Gasteiger partial charge in [0.25, 0.3) is 0 Å². The number of rotatable bonds is 5. The van der Waals surface area contributed by atoms with E-state index in [2.05, 4.69) is 17.1 Å². The van der Waals surface area contributed by atoms with Gasteiger partial charge in [-0.1, -0.05) is 6.92 Å². The number of thiazole rings is 1. The van der Waals surface area contributed by atoms with Crippen LogP contribution >= 0.6 is 11.3 Å². The second kappa shape index (κ2) is 7.07. The molecule has 1 aliphatic heterocycles. The fourth-order valence-electron chi connectivity index (χ4n) is 3.36. The lowest BCUT2D eigenvalue weighted by Gasteiger charge is -2.31. The van der Waals surface area contributed by atoms with Gasteiger partial charge in [0.05, 0.1) is 17.8 Å². The average molecular weight is 309 g/mol. The molecular formula is C16H27N3OS. The van der Waals surface area contributed by atoms with E-state index in [1.165, 1.54) is 54.2 Å². The lowest BCUT2D eigenvalue weighted by molar-refractivity contribution is 0.0893. The van der Waals surface area contributed by atoms with Crippen molar-refractivity contribution in [3.63, 3.8) is 0 Å². The highest BCUT2D eigenvalue weighted by atomic mass is 32.1. The number of aromatic nitrogens is 1. The Morgan fingerprint density at radius 1 is 1.38 bits per heavy atom. The highest BCUT2D eigenvalue weighted by Crippen LogP contribution is 2.37. The summed E-state index contributed by atoms with van der Waals surface area (Å²) in [5.74, 6) is 0. The van der Waals surface area contributed by atoms with Crippen molar-refractivity contribution in [3.05, 3.63) is 10.6 Å². The molecule has 1 aliphatic carbocycles. The molecule has 118 valence electrons. The maximum Gasteiger partial charge on any atom is 0.185 e. The van der Waals surface area contributed by atoms with Gasteiger partial charge in [-0.15, -0.1) is 11.3 Å². The Labute approximate surface area is 131 Å². The van der Waals surface area contributed by atoms with E-state index in [9.17, 15) is 0 Å². The number of nitrogens with zero attached hydrogens (tertiary/aromatic N) is 2. The zero-order chi connectivity index (χ0) is 14.7. The van der Waals surface area contributed by atoms with E-state index in [0.717, 1.165) is 19.6 Å². The van der Waals surface area contributed by atoms with Gasteiger partial charge in [-0.25, -0.2) is 4.98 Å². The van der Waals surface area contributed by atoms with Crippen LogP contribution in [-0.4, -0.2) is 37.8 Å². The van der Waals surface area contributed by atoms with Crippen LogP contribution in [0.3, 0.4) is 0 Å². The summed E-state index contributed by atoms with van der Waals surface area (Å²) in [5, 5.41) is 4.88. The lowest BCUT2D eigenvalue weighted by atomic mass is 9.97. The lowest BCUT2D eigenvalue weighted by Crippen LogP contribution is -2.39. The summed E-state index contributed by atoms with van der Waals surface area (Å²) in [5.41, 5.74) is 1.33. The van der Waals surface area contributed by atoms with Gasteiger partial charge in [-0.3, -0.25) is 0 Å². The topological polar surface area (TPSA) is 37.4 Å². The van der Waals surface area contributed by atoms with Gasteiger partial charge in [0, 0.05) is 25.1 Å². The van der Waals surface area contributed by atoms with Crippen molar-refractivity contribution in [2.24, 2.45) is 0 Å². The molecule has 0 aromatic carbocycles. The molecule has 5 heteroatoms. The largest absolute Gasteiger partial charge is 0.380 e. The third kappa shape index (κ3) is 3.41. The number of hydrogen-bond donors (Lipinski definition) is 1. The summed E-state index contributed by atoms with van der Waals surface area (Å²) in [6.45, 7) is 5.43. The average Bonchev–Trinajstić information content (AvgIpc) is 2.97. The van der Waals surface area contributed by atoms with E-state index in [0.29, 0.717) is 12.1 Å². The van der Waals surface area contributed by atoms with E-state index < -0.39 is 0 Å². The number of anilines is 1. The normalized spacial score (nSPS) is 25.9. The number of nitrogens with one attached hydrogen (secondary N) is 1. The minimum absolute atomic E-state index is 0.369. The molecule has 21 heavy (non-hydrogen) atoms. The quantitative estimate of drug-likeness (QED) is 0.907. The molecule has 1 N–H and O–H groups in total. The monoisotopic (exact) mass is 309 g/mol. The van der Waals surface area contributed by atoms with E-state index in [1.807, 2.05) is 18.4 Å². The van der Waals surface area contributed by atoms with Gasteiger partial charge < -0.3 is 15.0 Å². The minimum atomic E-state index is 0.369. The van der Waals surface area contributed by atoms with Gasteiger partial charge in [0.15, 0.2) is 5.13 Å². The van der Waals surface area contributed by atoms with Crippen LogP contribution in [0, 0.1) is 0 Å². The van der Waals surface area contributed by atoms with Gasteiger partial charge >= 0.3 is 0 Å². The van der Waals surface area contributed by atoms with Crippen molar-refractivity contribution in [2.45, 2.75) is 57.6 Å². The van der Waals surface area contributed by atoms with E-state index in [-0.39, 0.29) is 0 Å². The Bertz CT molecular complexity index is 462. The smallest absolute Gasteiger partial charge is 0.185 e. The van der Waals surface area contributed by atoms with E-state index >= 15 is 0 Å². The highest BCUT2D eigenvalue weighted by Gasteiger charge is 2.28. The summed E-state index contributed by atoms with van der Waals surface area (Å²) in [7, 11) is 1.83. The van der Waals surface area contributed by atoms with Crippen molar-refractivity contribution in [1.29, 1.82) is 0 Å². The number of fused-ring (bicyclic) bond motifs is 1. The fraction of sp³-hybridized carbons (Fsp3) is 0.812. The molecule has 0 bridgehead atoms. The Balaban J connectivity index is 1.74. The van der Waals surface area contributed by atoms with Crippen molar-refractivity contribution < 1.29 is 4.74 Å². The Morgan fingerprint density at radius 3 is 3.10 bits per heavy atom. The predicted octanol–water partition coefficient (Wildman–Crippen LogP) is 3.14. The molecule has 3 rings (SSSR count). The summed E-state index contributed by atoms with van der Waals surface area (Å²) in [4.78, 5) is 8.94. The molecule has 2 aliphatic rings. The van der Waals surface area contributed by atoms with Crippen LogP contribution in [0.2, 0.25) is 0 Å². The van der Waals surface area contributed by atoms with Crippen LogP contribution in [0.1, 0.15) is 55.6 Å². The molecule has 0 radical (unpaired) electrons. The second-order valence-corrected chi connectivity index (χ2v) is 7.21. The molecule has 0 amide bonds. The Kier molecular flexibility index (Phi) is 5.14. The van der Waals surface area contributed by atoms with Gasteiger partial charge in [-0.2, -0.15) is 0 Å². The number of methoxy groups -OCH3 is 1. The maximum atomic E-state index is 5.54. The van der Waals surface area contributed by atoms with Crippen LogP contribution in [0.5, 0.6) is 0 Å². The molecule has 0 saturated carbocycles. The van der Waals surface area contributed by atoms with E-state index in [4.69, 9.17) is 9.72 Å². The summed E-state index contributed by atoms with van der Waals surface area (Å²) in [6.07, 6.45) is 7.67. The van der Waals surface area contributed by atoms with Crippen LogP contribution in [0.25, 0.3) is 0 Å². The van der Waals surface area contributed by atoms with Crippen molar-refractivity contribution in [2.75, 3.05) is 31.6 Å². The SMILES string of the molecule is CCCNC1CCCc2sc(N3CCCC(OC)C3)nc21. The molecule has 2 atom stereocenters. The third-order valence-corrected chi connectivity index (χ3v) is 5.76. The highest BCUT2D eigenvalue weighted by molar-refractivity contribution is 7.15. The molecule has 0 spiro atoms. The van der Waals surface area contributed by atoms with Crippen molar-refractivity contribution in [1.82, 2.24) is 10.3 Å². The van der Waals surface area contributed by atoms with Crippen LogP contribution in [-0.2, 0) is 11.2 Å². The molecule has 1 aromatic rings. The molecule has 1 saturated heterocycles. The molecule has 4 nitrogen and oxygen atoms in total. The van der Waals surface area contributed by atoms with Gasteiger partial charge in [-0.05, 0) is 45.1 Å². The zero-order valence-corrected chi connectivity index (χ0v) is 14.0. The second-order valence-electron chi connectivity index (χ2n) is 6.15. The van der Waals surface area contributed by atoms with Gasteiger partial charge in [0.1, 0.15) is 0 Å². The first-order chi connectivity index (χ1) is 10.3. The molecule has 2 heterocycles. The van der Waals surface area contributed by atoms with Crippen molar-refractivity contribution in [3.8, 4) is 0 Å². The van der Waals surface area contributed by atoms with E-state index in [1.54, 1.807) is 0 Å². The van der Waals surface area contributed by atoms with Crippen LogP contribution in [0.4, 0.5) is 5.13 Å². The summed E-state index contributed by atoms with van der Waals surface area (Å²) in [6, 6.07) is 0.474. The van der Waals surface area contributed by atoms with Gasteiger partial charge in [0.2, 0.25) is 0 Å². The minimum Gasteiger partial charge on any atom is -0.380 e. The first-order valence-corrected chi connectivity index (χ1v) is 9.14. The first-order valence-electron chi connectivity index (χ1n) is 8.32. The van der Waals surface area contributed by atoms with Crippen LogP contribution in [0.15, 0.2) is 0 Å². The zero-order valence-electron chi connectivity index (χ0n) is 13.2. The maximum absolute atomic E-state index is 5.54. The molecule has 1 fully saturated rings. The number of aryl methyl sites for hydroxylation is 1. The molecule has 1 aromatic heterocycles. The number of ether oxygens (including phenoxy) is 1. The first kappa shape index (κ1) is 15.3. The number of hydrogen-bond acceptors (Lipinski definition) is 5. The number of piperidine rings is 1. The Morgan fingerprint density at radius 2 is 2.29 bits per heavy atom.